The lowest BCUT2D eigenvalue weighted by Gasteiger charge is -2.14. The van der Waals surface area contributed by atoms with E-state index in [1.54, 1.807) is 42.5 Å². The van der Waals surface area contributed by atoms with Crippen molar-refractivity contribution in [3.63, 3.8) is 0 Å². The van der Waals surface area contributed by atoms with E-state index < -0.39 is 5.91 Å². The van der Waals surface area contributed by atoms with Crippen molar-refractivity contribution < 1.29 is 28.5 Å². The Morgan fingerprint density at radius 3 is 2.61 bits per heavy atom. The molecule has 1 saturated heterocycles. The first-order chi connectivity index (χ1) is 17.4. The van der Waals surface area contributed by atoms with Crippen LogP contribution in [0.3, 0.4) is 0 Å². The molecule has 5 rings (SSSR count). The molecule has 184 valence electrons. The van der Waals surface area contributed by atoms with Crippen molar-refractivity contribution >= 4 is 52.2 Å². The second kappa shape index (κ2) is 10.3. The Morgan fingerprint density at radius 2 is 1.83 bits per heavy atom. The molecule has 0 aromatic heterocycles. The maximum absolute atomic E-state index is 13.0. The van der Waals surface area contributed by atoms with Gasteiger partial charge in [0.1, 0.15) is 6.61 Å². The third kappa shape index (κ3) is 5.11. The van der Waals surface area contributed by atoms with Crippen molar-refractivity contribution in [1.82, 2.24) is 4.90 Å². The van der Waals surface area contributed by atoms with Crippen LogP contribution in [0.1, 0.15) is 16.7 Å². The first kappa shape index (κ1) is 24.4. The molecule has 2 aliphatic heterocycles. The van der Waals surface area contributed by atoms with Gasteiger partial charge in [-0.25, -0.2) is 0 Å². The summed E-state index contributed by atoms with van der Waals surface area (Å²) in [7, 11) is 1.54. The maximum Gasteiger partial charge on any atom is 0.293 e. The number of nitrogens with zero attached hydrogens (tertiary/aromatic N) is 1. The van der Waals surface area contributed by atoms with Crippen LogP contribution in [-0.4, -0.2) is 29.9 Å². The molecule has 0 spiro atoms. The lowest BCUT2D eigenvalue weighted by atomic mass is 10.1. The number of imide groups is 1. The molecule has 0 aliphatic carbocycles. The Hall–Kier alpha value is -3.33. The number of hydrogen-bond acceptors (Lipinski definition) is 7. The van der Waals surface area contributed by atoms with Gasteiger partial charge in [0.2, 0.25) is 6.79 Å². The lowest BCUT2D eigenvalue weighted by Crippen LogP contribution is -2.27. The van der Waals surface area contributed by atoms with Gasteiger partial charge in [0.15, 0.2) is 23.0 Å². The summed E-state index contributed by atoms with van der Waals surface area (Å²) >= 11 is 13.2. The summed E-state index contributed by atoms with van der Waals surface area (Å²) < 4.78 is 22.0. The lowest BCUT2D eigenvalue weighted by molar-refractivity contribution is -0.123. The first-order valence-corrected chi connectivity index (χ1v) is 12.4. The van der Waals surface area contributed by atoms with Crippen LogP contribution in [-0.2, 0) is 17.9 Å². The first-order valence-electron chi connectivity index (χ1n) is 10.8. The minimum Gasteiger partial charge on any atom is -0.493 e. The van der Waals surface area contributed by atoms with Crippen LogP contribution in [0.15, 0.2) is 59.5 Å². The molecule has 10 heteroatoms. The minimum atomic E-state index is -0.404. The highest BCUT2D eigenvalue weighted by Gasteiger charge is 2.35. The second-order valence-corrected chi connectivity index (χ2v) is 9.73. The fourth-order valence-electron chi connectivity index (χ4n) is 3.72. The number of thioether (sulfide) groups is 1. The Kier molecular flexibility index (Phi) is 7.00. The van der Waals surface area contributed by atoms with E-state index in [0.717, 1.165) is 22.2 Å². The van der Waals surface area contributed by atoms with E-state index in [-0.39, 0.29) is 18.6 Å². The molecule has 2 heterocycles. The largest absolute Gasteiger partial charge is 0.493 e. The van der Waals surface area contributed by atoms with Crippen LogP contribution >= 0.6 is 35.0 Å². The topological polar surface area (TPSA) is 74.3 Å². The van der Waals surface area contributed by atoms with Crippen LogP contribution in [0.2, 0.25) is 10.0 Å². The summed E-state index contributed by atoms with van der Waals surface area (Å²) in [6.07, 6.45) is 1.65. The monoisotopic (exact) mass is 543 g/mol. The van der Waals surface area contributed by atoms with Crippen LogP contribution in [0, 0.1) is 0 Å². The van der Waals surface area contributed by atoms with Crippen LogP contribution in [0.5, 0.6) is 23.0 Å². The Labute approximate surface area is 221 Å². The molecule has 0 N–H and O–H groups in total. The predicted octanol–water partition coefficient (Wildman–Crippen LogP) is 6.55. The van der Waals surface area contributed by atoms with Gasteiger partial charge < -0.3 is 18.9 Å². The fraction of sp³-hybridized carbons (Fsp3) is 0.154. The number of rotatable bonds is 7. The minimum absolute atomic E-state index is 0.0249. The quantitative estimate of drug-likeness (QED) is 0.313. The average Bonchev–Trinajstić information content (AvgIpc) is 3.42. The average molecular weight is 544 g/mol. The number of hydrogen-bond donors (Lipinski definition) is 0. The number of carbonyl (C=O) groups is 2. The van der Waals surface area contributed by atoms with Crippen molar-refractivity contribution in [2.75, 3.05) is 13.9 Å². The standard InChI is InChI=1S/C26H19Cl2NO6S/c1-32-21-8-15(5-6-20(21)33-13-16-3-2-4-18(27)7-16)9-24-25(30)29(26(31)36-24)12-17-10-22-23(11-19(17)28)35-14-34-22/h2-11H,12-14H2,1H3/b24-9-. The van der Waals surface area contributed by atoms with E-state index in [0.29, 0.717) is 55.7 Å². The zero-order valence-corrected chi connectivity index (χ0v) is 21.3. The zero-order chi connectivity index (χ0) is 25.2. The summed E-state index contributed by atoms with van der Waals surface area (Å²) in [5, 5.41) is 0.641. The molecule has 0 atom stereocenters. The van der Waals surface area contributed by atoms with Gasteiger partial charge >= 0.3 is 0 Å². The van der Waals surface area contributed by atoms with Crippen molar-refractivity contribution in [2.24, 2.45) is 0 Å². The summed E-state index contributed by atoms with van der Waals surface area (Å²) in [5.41, 5.74) is 2.20. The number of benzene rings is 3. The summed E-state index contributed by atoms with van der Waals surface area (Å²) in [6, 6.07) is 16.0. The van der Waals surface area contributed by atoms with Gasteiger partial charge in [-0.05, 0) is 64.9 Å². The van der Waals surface area contributed by atoms with E-state index in [1.807, 2.05) is 18.2 Å². The van der Waals surface area contributed by atoms with Crippen LogP contribution in [0.25, 0.3) is 6.08 Å². The number of methoxy groups -OCH3 is 1. The van der Waals surface area contributed by atoms with E-state index in [2.05, 4.69) is 0 Å². The summed E-state index contributed by atoms with van der Waals surface area (Å²) in [4.78, 5) is 27.1. The van der Waals surface area contributed by atoms with Gasteiger partial charge in [0.05, 0.1) is 18.6 Å². The fourth-order valence-corrected chi connectivity index (χ4v) is 4.98. The van der Waals surface area contributed by atoms with E-state index in [1.165, 1.54) is 7.11 Å². The predicted molar refractivity (Wildman–Crippen MR) is 138 cm³/mol. The number of halogens is 2. The van der Waals surface area contributed by atoms with E-state index in [4.69, 9.17) is 42.1 Å². The molecule has 7 nitrogen and oxygen atoms in total. The van der Waals surface area contributed by atoms with Crippen LogP contribution < -0.4 is 18.9 Å². The van der Waals surface area contributed by atoms with Crippen molar-refractivity contribution in [3.05, 3.63) is 86.2 Å². The SMILES string of the molecule is COc1cc(/C=C2\SC(=O)N(Cc3cc4c(cc3Cl)OCO4)C2=O)ccc1OCc1cccc(Cl)c1. The Bertz CT molecular complexity index is 1390. The summed E-state index contributed by atoms with van der Waals surface area (Å²) in [5.74, 6) is 1.70. The molecule has 0 unspecified atom stereocenters. The second-order valence-electron chi connectivity index (χ2n) is 7.89. The highest BCUT2D eigenvalue weighted by Crippen LogP contribution is 2.40. The highest BCUT2D eigenvalue weighted by atomic mass is 35.5. The summed E-state index contributed by atoms with van der Waals surface area (Å²) in [6.45, 7) is 0.446. The molecule has 0 radical (unpaired) electrons. The molecule has 36 heavy (non-hydrogen) atoms. The number of carbonyl (C=O) groups excluding carboxylic acids is 2. The molecule has 3 aromatic rings. The van der Waals surface area contributed by atoms with Crippen molar-refractivity contribution in [1.29, 1.82) is 0 Å². The zero-order valence-electron chi connectivity index (χ0n) is 19.0. The molecular formula is C26H19Cl2NO6S. The van der Waals surface area contributed by atoms with Crippen molar-refractivity contribution in [2.45, 2.75) is 13.2 Å². The third-order valence-corrected chi connectivity index (χ3v) is 7.01. The third-order valence-electron chi connectivity index (χ3n) is 5.51. The number of amides is 2. The Morgan fingerprint density at radius 1 is 1.03 bits per heavy atom. The van der Waals surface area contributed by atoms with Crippen molar-refractivity contribution in [3.8, 4) is 23.0 Å². The smallest absolute Gasteiger partial charge is 0.293 e. The molecule has 2 amide bonds. The Balaban J connectivity index is 1.31. The van der Waals surface area contributed by atoms with Gasteiger partial charge in [-0.3, -0.25) is 14.5 Å². The van der Waals surface area contributed by atoms with Gasteiger partial charge in [0.25, 0.3) is 11.1 Å². The normalized spacial score (nSPS) is 15.6. The van der Waals surface area contributed by atoms with Crippen LogP contribution in [0.4, 0.5) is 4.79 Å². The van der Waals surface area contributed by atoms with Gasteiger partial charge in [0, 0.05) is 16.1 Å². The number of ether oxygens (including phenoxy) is 4. The maximum atomic E-state index is 13.0. The molecule has 3 aromatic carbocycles. The molecule has 2 aliphatic rings. The molecule has 1 fully saturated rings. The van der Waals surface area contributed by atoms with Gasteiger partial charge in [-0.2, -0.15) is 0 Å². The molecular weight excluding hydrogens is 525 g/mol. The van der Waals surface area contributed by atoms with E-state index in [9.17, 15) is 9.59 Å². The van der Waals surface area contributed by atoms with E-state index >= 15 is 0 Å². The van der Waals surface area contributed by atoms with Gasteiger partial charge in [-0.1, -0.05) is 41.4 Å². The highest BCUT2D eigenvalue weighted by molar-refractivity contribution is 8.18. The molecule has 0 saturated carbocycles. The van der Waals surface area contributed by atoms with Gasteiger partial charge in [-0.15, -0.1) is 0 Å². The number of fused-ring (bicyclic) bond motifs is 1. The molecule has 0 bridgehead atoms.